The molecule has 0 saturated carbocycles. The highest BCUT2D eigenvalue weighted by Crippen LogP contribution is 2.28. The molecule has 108 valence electrons. The minimum atomic E-state index is -1.09. The minimum absolute atomic E-state index is 0.0966. The Kier molecular flexibility index (Phi) is 4.30. The normalized spacial score (nSPS) is 25.4. The van der Waals surface area contributed by atoms with E-state index in [4.69, 9.17) is 16.3 Å². The molecule has 0 radical (unpaired) electrons. The number of hydrogen-bond donors (Lipinski definition) is 2. The van der Waals surface area contributed by atoms with Crippen LogP contribution >= 0.6 is 11.6 Å². The molecular formula is C14H16ClNO4. The topological polar surface area (TPSA) is 75.6 Å². The van der Waals surface area contributed by atoms with Gasteiger partial charge in [-0.25, -0.2) is 0 Å². The van der Waals surface area contributed by atoms with E-state index in [9.17, 15) is 14.7 Å². The van der Waals surface area contributed by atoms with Gasteiger partial charge in [-0.15, -0.1) is 0 Å². The van der Waals surface area contributed by atoms with Gasteiger partial charge in [-0.05, 0) is 18.6 Å². The number of carbonyl (C=O) groups excluding carboxylic acids is 1. The summed E-state index contributed by atoms with van der Waals surface area (Å²) in [6, 6.07) is 6.54. The summed E-state index contributed by atoms with van der Waals surface area (Å²) in [5, 5.41) is 12.5. The first-order valence-electron chi connectivity index (χ1n) is 6.27. The van der Waals surface area contributed by atoms with E-state index in [1.807, 2.05) is 0 Å². The first-order valence-corrected chi connectivity index (χ1v) is 6.65. The van der Waals surface area contributed by atoms with Gasteiger partial charge >= 0.3 is 5.97 Å². The van der Waals surface area contributed by atoms with Crippen LogP contribution in [0, 0.1) is 5.41 Å². The number of ether oxygens (including phenoxy) is 1. The lowest BCUT2D eigenvalue weighted by atomic mass is 9.85. The first kappa shape index (κ1) is 14.8. The predicted octanol–water partition coefficient (Wildman–Crippen LogP) is 1.49. The molecule has 0 spiro atoms. The Hall–Kier alpha value is -1.59. The molecule has 1 amide bonds. The number of carboxylic acid groups (broad SMARTS) is 1. The Labute approximate surface area is 121 Å². The summed E-state index contributed by atoms with van der Waals surface area (Å²) in [6.07, 6.45) is 0.117. The molecule has 6 heteroatoms. The lowest BCUT2D eigenvalue weighted by molar-refractivity contribution is -0.149. The van der Waals surface area contributed by atoms with Crippen LogP contribution < -0.4 is 5.32 Å². The quantitative estimate of drug-likeness (QED) is 0.883. The highest BCUT2D eigenvalue weighted by atomic mass is 35.5. The molecular weight excluding hydrogens is 282 g/mol. The second kappa shape index (κ2) is 5.81. The summed E-state index contributed by atoms with van der Waals surface area (Å²) in [5.74, 6) is -1.24. The van der Waals surface area contributed by atoms with Crippen molar-refractivity contribution in [2.45, 2.75) is 19.4 Å². The molecule has 2 atom stereocenters. The van der Waals surface area contributed by atoms with Crippen LogP contribution in [0.2, 0.25) is 5.02 Å². The zero-order valence-electron chi connectivity index (χ0n) is 11.1. The van der Waals surface area contributed by atoms with Crippen molar-refractivity contribution >= 4 is 23.5 Å². The van der Waals surface area contributed by atoms with Crippen LogP contribution in [-0.2, 0) is 20.7 Å². The van der Waals surface area contributed by atoms with Crippen LogP contribution in [-0.4, -0.2) is 36.2 Å². The van der Waals surface area contributed by atoms with Gasteiger partial charge in [-0.3, -0.25) is 9.59 Å². The molecule has 5 nitrogen and oxygen atoms in total. The Morgan fingerprint density at radius 2 is 2.20 bits per heavy atom. The summed E-state index contributed by atoms with van der Waals surface area (Å²) in [6.45, 7) is 1.87. The number of carbonyl (C=O) groups is 2. The van der Waals surface area contributed by atoms with E-state index in [0.717, 1.165) is 0 Å². The van der Waals surface area contributed by atoms with E-state index in [0.29, 0.717) is 10.6 Å². The average Bonchev–Trinajstić information content (AvgIpc) is 2.75. The second-order valence-electron chi connectivity index (χ2n) is 5.13. The molecule has 1 saturated heterocycles. The second-order valence-corrected chi connectivity index (χ2v) is 5.53. The average molecular weight is 298 g/mol. The summed E-state index contributed by atoms with van der Waals surface area (Å²) < 4.78 is 5.19. The predicted molar refractivity (Wildman–Crippen MR) is 73.6 cm³/mol. The summed E-state index contributed by atoms with van der Waals surface area (Å²) in [7, 11) is 0. The number of aliphatic carboxylic acids is 1. The third-order valence-corrected chi connectivity index (χ3v) is 3.96. The number of benzene rings is 1. The standard InChI is InChI=1S/C14H16ClNO4/c1-14(13(18)19)8-20-7-11(14)16-12(17)6-9-4-2-3-5-10(9)15/h2-5,11H,6-8H2,1H3,(H,16,17)(H,18,19). The summed E-state index contributed by atoms with van der Waals surface area (Å²) in [4.78, 5) is 23.3. The zero-order chi connectivity index (χ0) is 14.8. The Morgan fingerprint density at radius 3 is 2.85 bits per heavy atom. The molecule has 0 aliphatic carbocycles. The molecule has 1 aliphatic rings. The van der Waals surface area contributed by atoms with E-state index < -0.39 is 17.4 Å². The molecule has 1 aromatic carbocycles. The van der Waals surface area contributed by atoms with Gasteiger partial charge in [0.15, 0.2) is 0 Å². The van der Waals surface area contributed by atoms with Crippen molar-refractivity contribution in [2.75, 3.05) is 13.2 Å². The number of halogens is 1. The Balaban J connectivity index is 2.02. The third-order valence-electron chi connectivity index (χ3n) is 3.59. The lowest BCUT2D eigenvalue weighted by Crippen LogP contribution is -2.50. The molecule has 20 heavy (non-hydrogen) atoms. The van der Waals surface area contributed by atoms with Gasteiger partial charge in [0.2, 0.25) is 5.91 Å². The van der Waals surface area contributed by atoms with Crippen molar-refractivity contribution in [3.8, 4) is 0 Å². The van der Waals surface area contributed by atoms with Crippen molar-refractivity contribution < 1.29 is 19.4 Å². The molecule has 0 bridgehead atoms. The van der Waals surface area contributed by atoms with Gasteiger partial charge < -0.3 is 15.2 Å². The maximum atomic E-state index is 12.0. The van der Waals surface area contributed by atoms with Crippen LogP contribution in [0.3, 0.4) is 0 Å². The molecule has 2 rings (SSSR count). The SMILES string of the molecule is CC1(C(=O)O)COCC1NC(=O)Cc1ccccc1Cl. The van der Waals surface area contributed by atoms with E-state index in [1.165, 1.54) is 0 Å². The van der Waals surface area contributed by atoms with Gasteiger partial charge in [0.25, 0.3) is 0 Å². The Morgan fingerprint density at radius 1 is 1.50 bits per heavy atom. The summed E-state index contributed by atoms with van der Waals surface area (Å²) in [5.41, 5.74) is -0.376. The maximum absolute atomic E-state index is 12.0. The third kappa shape index (κ3) is 2.94. The fourth-order valence-electron chi connectivity index (χ4n) is 2.15. The van der Waals surface area contributed by atoms with Gasteiger partial charge in [0.05, 0.1) is 25.7 Å². The van der Waals surface area contributed by atoms with E-state index in [2.05, 4.69) is 5.32 Å². The highest BCUT2D eigenvalue weighted by Gasteiger charge is 2.47. The molecule has 1 aliphatic heterocycles. The van der Waals surface area contributed by atoms with Gasteiger partial charge in [-0.1, -0.05) is 29.8 Å². The van der Waals surface area contributed by atoms with E-state index in [1.54, 1.807) is 31.2 Å². The first-order chi connectivity index (χ1) is 9.43. The van der Waals surface area contributed by atoms with Crippen LogP contribution in [0.4, 0.5) is 0 Å². The van der Waals surface area contributed by atoms with Crippen molar-refractivity contribution in [2.24, 2.45) is 5.41 Å². The van der Waals surface area contributed by atoms with Crippen LogP contribution in [0.1, 0.15) is 12.5 Å². The van der Waals surface area contributed by atoms with E-state index >= 15 is 0 Å². The summed E-state index contributed by atoms with van der Waals surface area (Å²) >= 11 is 5.99. The number of nitrogens with one attached hydrogen (secondary N) is 1. The lowest BCUT2D eigenvalue weighted by Gasteiger charge is -2.25. The Bertz CT molecular complexity index is 534. The van der Waals surface area contributed by atoms with Crippen molar-refractivity contribution in [3.05, 3.63) is 34.9 Å². The molecule has 0 aromatic heterocycles. The van der Waals surface area contributed by atoms with E-state index in [-0.39, 0.29) is 25.5 Å². The molecule has 2 N–H and O–H groups in total. The zero-order valence-corrected chi connectivity index (χ0v) is 11.8. The fraction of sp³-hybridized carbons (Fsp3) is 0.429. The number of amides is 1. The smallest absolute Gasteiger partial charge is 0.313 e. The largest absolute Gasteiger partial charge is 0.481 e. The number of rotatable bonds is 4. The molecule has 1 heterocycles. The van der Waals surface area contributed by atoms with Gasteiger partial charge in [0.1, 0.15) is 5.41 Å². The minimum Gasteiger partial charge on any atom is -0.481 e. The number of carboxylic acids is 1. The highest BCUT2D eigenvalue weighted by molar-refractivity contribution is 6.31. The number of hydrogen-bond acceptors (Lipinski definition) is 3. The van der Waals surface area contributed by atoms with Crippen molar-refractivity contribution in [3.63, 3.8) is 0 Å². The van der Waals surface area contributed by atoms with Gasteiger partial charge in [-0.2, -0.15) is 0 Å². The molecule has 2 unspecified atom stereocenters. The molecule has 1 aromatic rings. The van der Waals surface area contributed by atoms with Crippen LogP contribution in [0.5, 0.6) is 0 Å². The van der Waals surface area contributed by atoms with Crippen LogP contribution in [0.25, 0.3) is 0 Å². The van der Waals surface area contributed by atoms with Crippen molar-refractivity contribution in [1.29, 1.82) is 0 Å². The maximum Gasteiger partial charge on any atom is 0.313 e. The monoisotopic (exact) mass is 297 g/mol. The van der Waals surface area contributed by atoms with Crippen LogP contribution in [0.15, 0.2) is 24.3 Å². The fourth-order valence-corrected chi connectivity index (χ4v) is 2.35. The van der Waals surface area contributed by atoms with Crippen molar-refractivity contribution in [1.82, 2.24) is 5.32 Å². The van der Waals surface area contributed by atoms with Gasteiger partial charge in [0, 0.05) is 5.02 Å². The molecule has 1 fully saturated rings.